The van der Waals surface area contributed by atoms with Gasteiger partial charge in [-0.2, -0.15) is 4.98 Å². The summed E-state index contributed by atoms with van der Waals surface area (Å²) in [5, 5.41) is 13.7. The summed E-state index contributed by atoms with van der Waals surface area (Å²) in [6.07, 6.45) is 2.08. The molecule has 1 aliphatic carbocycles. The van der Waals surface area contributed by atoms with E-state index in [4.69, 9.17) is 10.5 Å². The Labute approximate surface area is 104 Å². The fourth-order valence-corrected chi connectivity index (χ4v) is 2.07. The van der Waals surface area contributed by atoms with E-state index in [2.05, 4.69) is 10.3 Å². The zero-order valence-corrected chi connectivity index (χ0v) is 10.1. The number of nitrogens with one attached hydrogen (secondary N) is 1. The van der Waals surface area contributed by atoms with Gasteiger partial charge < -0.3 is 15.8 Å². The van der Waals surface area contributed by atoms with Gasteiger partial charge in [-0.3, -0.25) is 10.1 Å². The minimum Gasteiger partial charge on any atom is -0.474 e. The van der Waals surface area contributed by atoms with E-state index in [1.807, 2.05) is 7.05 Å². The van der Waals surface area contributed by atoms with E-state index in [1.165, 1.54) is 12.1 Å². The third-order valence-corrected chi connectivity index (χ3v) is 3.05. The van der Waals surface area contributed by atoms with Crippen molar-refractivity contribution in [1.29, 1.82) is 0 Å². The lowest BCUT2D eigenvalue weighted by molar-refractivity contribution is -0.384. The fraction of sp³-hybridized carbons (Fsp3) is 0.545. The van der Waals surface area contributed by atoms with Crippen LogP contribution < -0.4 is 15.8 Å². The van der Waals surface area contributed by atoms with Crippen molar-refractivity contribution in [3.63, 3.8) is 0 Å². The third kappa shape index (κ3) is 2.67. The lowest BCUT2D eigenvalue weighted by atomic mass is 9.82. The van der Waals surface area contributed by atoms with Crippen LogP contribution in [0.5, 0.6) is 5.88 Å². The van der Waals surface area contributed by atoms with Crippen molar-refractivity contribution < 1.29 is 9.66 Å². The SMILES string of the molecule is CNCC1CC(Oc2ccc([N+](=O)[O-])c(N)n2)C1. The second-order valence-corrected chi connectivity index (χ2v) is 4.45. The Morgan fingerprint density at radius 1 is 1.61 bits per heavy atom. The molecule has 2 rings (SSSR count). The van der Waals surface area contributed by atoms with Crippen molar-refractivity contribution in [2.75, 3.05) is 19.3 Å². The van der Waals surface area contributed by atoms with Crippen LogP contribution in [-0.4, -0.2) is 29.6 Å². The van der Waals surface area contributed by atoms with Crippen molar-refractivity contribution in [2.24, 2.45) is 5.92 Å². The van der Waals surface area contributed by atoms with Crippen LogP contribution in [0.1, 0.15) is 12.8 Å². The maximum atomic E-state index is 10.6. The molecule has 0 aliphatic heterocycles. The molecular weight excluding hydrogens is 236 g/mol. The van der Waals surface area contributed by atoms with Crippen LogP contribution in [0.15, 0.2) is 12.1 Å². The minimum atomic E-state index is -0.557. The Morgan fingerprint density at radius 3 is 2.89 bits per heavy atom. The third-order valence-electron chi connectivity index (χ3n) is 3.05. The molecule has 0 aromatic carbocycles. The van der Waals surface area contributed by atoms with Crippen LogP contribution in [-0.2, 0) is 0 Å². The normalized spacial score (nSPS) is 22.3. The molecule has 7 heteroatoms. The predicted molar refractivity (Wildman–Crippen MR) is 66.4 cm³/mol. The van der Waals surface area contributed by atoms with Gasteiger partial charge in [0.25, 0.3) is 0 Å². The van der Waals surface area contributed by atoms with Crippen LogP contribution in [0.3, 0.4) is 0 Å². The van der Waals surface area contributed by atoms with Crippen molar-refractivity contribution in [1.82, 2.24) is 10.3 Å². The molecule has 1 aromatic rings. The van der Waals surface area contributed by atoms with Crippen LogP contribution in [0.25, 0.3) is 0 Å². The molecule has 1 aliphatic rings. The molecule has 1 aromatic heterocycles. The van der Waals surface area contributed by atoms with Crippen LogP contribution in [0.4, 0.5) is 11.5 Å². The zero-order valence-electron chi connectivity index (χ0n) is 10.1. The van der Waals surface area contributed by atoms with Crippen LogP contribution in [0.2, 0.25) is 0 Å². The Morgan fingerprint density at radius 2 is 2.33 bits per heavy atom. The first-order chi connectivity index (χ1) is 8.60. The second kappa shape index (κ2) is 5.18. The fourth-order valence-electron chi connectivity index (χ4n) is 2.07. The number of ether oxygens (including phenoxy) is 1. The van der Waals surface area contributed by atoms with Gasteiger partial charge in [-0.15, -0.1) is 0 Å². The number of nitrogen functional groups attached to an aromatic ring is 1. The van der Waals surface area contributed by atoms with Crippen molar-refractivity contribution in [3.05, 3.63) is 22.2 Å². The number of hydrogen-bond donors (Lipinski definition) is 2. The van der Waals surface area contributed by atoms with Gasteiger partial charge in [0.15, 0.2) is 0 Å². The summed E-state index contributed by atoms with van der Waals surface area (Å²) in [4.78, 5) is 13.9. The van der Waals surface area contributed by atoms with Crippen molar-refractivity contribution in [2.45, 2.75) is 18.9 Å². The molecule has 1 saturated carbocycles. The molecule has 0 amide bonds. The molecule has 18 heavy (non-hydrogen) atoms. The molecule has 0 radical (unpaired) electrons. The molecule has 0 atom stereocenters. The molecule has 7 nitrogen and oxygen atoms in total. The molecular formula is C11H16N4O3. The average Bonchev–Trinajstić information content (AvgIpc) is 2.26. The highest BCUT2D eigenvalue weighted by Crippen LogP contribution is 2.31. The molecule has 0 saturated heterocycles. The second-order valence-electron chi connectivity index (χ2n) is 4.45. The molecule has 98 valence electrons. The van der Waals surface area contributed by atoms with Gasteiger partial charge in [-0.05, 0) is 32.4 Å². The summed E-state index contributed by atoms with van der Waals surface area (Å²) in [5.74, 6) is 0.880. The van der Waals surface area contributed by atoms with E-state index in [9.17, 15) is 10.1 Å². The average molecular weight is 252 g/mol. The summed E-state index contributed by atoms with van der Waals surface area (Å²) >= 11 is 0. The first-order valence-corrected chi connectivity index (χ1v) is 5.82. The van der Waals surface area contributed by atoms with E-state index >= 15 is 0 Å². The van der Waals surface area contributed by atoms with E-state index in [0.29, 0.717) is 11.8 Å². The van der Waals surface area contributed by atoms with Gasteiger partial charge >= 0.3 is 5.69 Å². The largest absolute Gasteiger partial charge is 0.474 e. The quantitative estimate of drug-likeness (QED) is 0.597. The Kier molecular flexibility index (Phi) is 3.61. The number of aromatic nitrogens is 1. The summed E-state index contributed by atoms with van der Waals surface area (Å²) in [5.41, 5.74) is 5.30. The van der Waals surface area contributed by atoms with Crippen LogP contribution >= 0.6 is 0 Å². The topological polar surface area (TPSA) is 103 Å². The standard InChI is InChI=1S/C11H16N4O3/c1-13-6-7-4-8(5-7)18-10-3-2-9(15(16)17)11(12)14-10/h2-3,7-8,13H,4-6H2,1H3,(H2,12,14). The van der Waals surface area contributed by atoms with E-state index in [1.54, 1.807) is 0 Å². The molecule has 0 bridgehead atoms. The molecule has 0 spiro atoms. The number of nitrogens with two attached hydrogens (primary N) is 1. The molecule has 3 N–H and O–H groups in total. The molecule has 1 heterocycles. The van der Waals surface area contributed by atoms with Crippen molar-refractivity contribution in [3.8, 4) is 5.88 Å². The van der Waals surface area contributed by atoms with Crippen LogP contribution in [0, 0.1) is 16.0 Å². The summed E-state index contributed by atoms with van der Waals surface area (Å²) in [7, 11) is 1.92. The summed E-state index contributed by atoms with van der Waals surface area (Å²) < 4.78 is 5.60. The first kappa shape index (κ1) is 12.6. The Bertz CT molecular complexity index is 446. The maximum Gasteiger partial charge on any atom is 0.311 e. The van der Waals surface area contributed by atoms with Gasteiger partial charge in [0, 0.05) is 12.1 Å². The highest BCUT2D eigenvalue weighted by Gasteiger charge is 2.30. The summed E-state index contributed by atoms with van der Waals surface area (Å²) in [6.45, 7) is 0.982. The van der Waals surface area contributed by atoms with Gasteiger partial charge in [-0.1, -0.05) is 0 Å². The minimum absolute atomic E-state index is 0.108. The number of hydrogen-bond acceptors (Lipinski definition) is 6. The lowest BCUT2D eigenvalue weighted by Gasteiger charge is -2.34. The monoisotopic (exact) mass is 252 g/mol. The van der Waals surface area contributed by atoms with Gasteiger partial charge in [0.05, 0.1) is 4.92 Å². The predicted octanol–water partition coefficient (Wildman–Crippen LogP) is 0.949. The number of nitro groups is 1. The highest BCUT2D eigenvalue weighted by molar-refractivity contribution is 5.53. The number of rotatable bonds is 5. The maximum absolute atomic E-state index is 10.6. The van der Waals surface area contributed by atoms with E-state index < -0.39 is 4.92 Å². The van der Waals surface area contributed by atoms with E-state index in [0.717, 1.165) is 19.4 Å². The number of anilines is 1. The lowest BCUT2D eigenvalue weighted by Crippen LogP contribution is -2.38. The number of nitrogens with zero attached hydrogens (tertiary/aromatic N) is 2. The van der Waals surface area contributed by atoms with Gasteiger partial charge in [0.1, 0.15) is 6.10 Å². The number of pyridine rings is 1. The summed E-state index contributed by atoms with van der Waals surface area (Å²) in [6, 6.07) is 2.81. The Balaban J connectivity index is 1.92. The van der Waals surface area contributed by atoms with E-state index in [-0.39, 0.29) is 17.6 Å². The smallest absolute Gasteiger partial charge is 0.311 e. The zero-order chi connectivity index (χ0) is 13.1. The first-order valence-electron chi connectivity index (χ1n) is 5.82. The highest BCUT2D eigenvalue weighted by atomic mass is 16.6. The Hall–Kier alpha value is -1.89. The van der Waals surface area contributed by atoms with Gasteiger partial charge in [0.2, 0.25) is 11.7 Å². The van der Waals surface area contributed by atoms with Crippen molar-refractivity contribution >= 4 is 11.5 Å². The molecule has 0 unspecified atom stereocenters. The van der Waals surface area contributed by atoms with Gasteiger partial charge in [-0.25, -0.2) is 0 Å². The molecule has 1 fully saturated rings.